The molecule has 0 aliphatic heterocycles. The van der Waals surface area contributed by atoms with Crippen LogP contribution in [0.4, 0.5) is 5.82 Å². The zero-order valence-corrected chi connectivity index (χ0v) is 12.8. The third-order valence-electron chi connectivity index (χ3n) is 3.47. The van der Waals surface area contributed by atoms with Gasteiger partial charge in [0.05, 0.1) is 6.42 Å². The third-order valence-corrected chi connectivity index (χ3v) is 3.47. The first kappa shape index (κ1) is 14.2. The van der Waals surface area contributed by atoms with Gasteiger partial charge < -0.3 is 9.84 Å². The van der Waals surface area contributed by atoms with Crippen molar-refractivity contribution < 1.29 is 4.52 Å². The molecule has 1 N–H and O–H groups in total. The van der Waals surface area contributed by atoms with Crippen molar-refractivity contribution in [1.29, 1.82) is 0 Å². The molecule has 2 heterocycles. The van der Waals surface area contributed by atoms with Gasteiger partial charge in [0.15, 0.2) is 0 Å². The second-order valence-corrected chi connectivity index (χ2v) is 5.16. The smallest absolute Gasteiger partial charge is 0.231 e. The Hall–Kier alpha value is -2.76. The lowest BCUT2D eigenvalue weighted by Gasteiger charge is -2.03. The molecule has 3 aromatic rings. The molecule has 6 heteroatoms. The highest BCUT2D eigenvalue weighted by molar-refractivity contribution is 5.53. The van der Waals surface area contributed by atoms with Gasteiger partial charge in [-0.2, -0.15) is 4.98 Å². The van der Waals surface area contributed by atoms with Gasteiger partial charge >= 0.3 is 0 Å². The highest BCUT2D eigenvalue weighted by Crippen LogP contribution is 2.18. The molecular formula is C16H17N5O. The molecule has 0 fully saturated rings. The van der Waals surface area contributed by atoms with Crippen LogP contribution in [0.25, 0.3) is 11.5 Å². The zero-order valence-electron chi connectivity index (χ0n) is 12.8. The molecule has 0 amide bonds. The second-order valence-electron chi connectivity index (χ2n) is 5.16. The summed E-state index contributed by atoms with van der Waals surface area (Å²) in [5, 5.41) is 6.97. The zero-order chi connectivity index (χ0) is 15.5. The van der Waals surface area contributed by atoms with Gasteiger partial charge in [-0.25, -0.2) is 9.97 Å². The molecule has 1 aromatic carbocycles. The van der Waals surface area contributed by atoms with E-state index in [0.717, 1.165) is 0 Å². The quantitative estimate of drug-likeness (QED) is 0.797. The predicted octanol–water partition coefficient (Wildman–Crippen LogP) is 2.78. The molecule has 0 aliphatic rings. The lowest BCUT2D eigenvalue weighted by atomic mass is 10.0. The number of nitrogens with one attached hydrogen (secondary N) is 1. The fourth-order valence-electron chi connectivity index (χ4n) is 2.20. The molecule has 0 aliphatic carbocycles. The van der Waals surface area contributed by atoms with Gasteiger partial charge in [0.2, 0.25) is 11.7 Å². The van der Waals surface area contributed by atoms with Crippen LogP contribution in [0.15, 0.2) is 35.1 Å². The first-order valence-corrected chi connectivity index (χ1v) is 7.04. The highest BCUT2D eigenvalue weighted by Gasteiger charge is 2.12. The number of nitrogens with zero attached hydrogens (tertiary/aromatic N) is 4. The normalized spacial score (nSPS) is 10.7. The predicted molar refractivity (Wildman–Crippen MR) is 83.6 cm³/mol. The maximum Gasteiger partial charge on any atom is 0.231 e. The summed E-state index contributed by atoms with van der Waals surface area (Å²) < 4.78 is 5.35. The Labute approximate surface area is 128 Å². The SMILES string of the molecule is CNc1cc(-c2noc(Cc3cc(C)ccc3C)n2)ncn1. The van der Waals surface area contributed by atoms with Crippen LogP contribution in [-0.2, 0) is 6.42 Å². The number of benzene rings is 1. The summed E-state index contributed by atoms with van der Waals surface area (Å²) in [5.41, 5.74) is 4.25. The Bertz CT molecular complexity index is 797. The van der Waals surface area contributed by atoms with E-state index in [4.69, 9.17) is 4.52 Å². The molecule has 0 saturated heterocycles. The summed E-state index contributed by atoms with van der Waals surface area (Å²) in [6.07, 6.45) is 2.09. The van der Waals surface area contributed by atoms with Crippen LogP contribution in [0.1, 0.15) is 22.6 Å². The van der Waals surface area contributed by atoms with Gasteiger partial charge in [-0.1, -0.05) is 28.9 Å². The van der Waals surface area contributed by atoms with Gasteiger partial charge in [-0.3, -0.25) is 0 Å². The van der Waals surface area contributed by atoms with Crippen molar-refractivity contribution in [3.05, 3.63) is 53.2 Å². The van der Waals surface area contributed by atoms with Gasteiger partial charge in [0.1, 0.15) is 17.8 Å². The Morgan fingerprint density at radius 1 is 1.14 bits per heavy atom. The molecule has 0 bridgehead atoms. The molecule has 3 rings (SSSR count). The molecule has 0 unspecified atom stereocenters. The lowest BCUT2D eigenvalue weighted by Crippen LogP contribution is -1.95. The highest BCUT2D eigenvalue weighted by atomic mass is 16.5. The van der Waals surface area contributed by atoms with Crippen LogP contribution < -0.4 is 5.32 Å². The topological polar surface area (TPSA) is 76.7 Å². The first-order chi connectivity index (χ1) is 10.7. The summed E-state index contributed by atoms with van der Waals surface area (Å²) in [5.74, 6) is 1.76. The van der Waals surface area contributed by atoms with Crippen molar-refractivity contribution >= 4 is 5.82 Å². The first-order valence-electron chi connectivity index (χ1n) is 7.04. The summed E-state index contributed by atoms with van der Waals surface area (Å²) >= 11 is 0. The molecule has 0 radical (unpaired) electrons. The van der Waals surface area contributed by atoms with E-state index in [2.05, 4.69) is 57.5 Å². The Balaban J connectivity index is 1.86. The van der Waals surface area contributed by atoms with Crippen LogP contribution in [0, 0.1) is 13.8 Å². The van der Waals surface area contributed by atoms with E-state index >= 15 is 0 Å². The second kappa shape index (κ2) is 5.93. The molecule has 112 valence electrons. The number of aromatic nitrogens is 4. The molecule has 0 spiro atoms. The van der Waals surface area contributed by atoms with Crippen molar-refractivity contribution in [3.63, 3.8) is 0 Å². The molecule has 0 atom stereocenters. The fraction of sp³-hybridized carbons (Fsp3) is 0.250. The molecule has 6 nitrogen and oxygen atoms in total. The fourth-order valence-corrected chi connectivity index (χ4v) is 2.20. The van der Waals surface area contributed by atoms with E-state index in [1.165, 1.54) is 23.0 Å². The maximum absolute atomic E-state index is 5.35. The molecular weight excluding hydrogens is 278 g/mol. The van der Waals surface area contributed by atoms with Crippen molar-refractivity contribution in [2.75, 3.05) is 12.4 Å². The molecule has 22 heavy (non-hydrogen) atoms. The van der Waals surface area contributed by atoms with Crippen molar-refractivity contribution in [3.8, 4) is 11.5 Å². The van der Waals surface area contributed by atoms with Gasteiger partial charge in [-0.05, 0) is 25.0 Å². The van der Waals surface area contributed by atoms with Crippen molar-refractivity contribution in [2.24, 2.45) is 0 Å². The maximum atomic E-state index is 5.35. The summed E-state index contributed by atoms with van der Waals surface area (Å²) in [6, 6.07) is 8.12. The van der Waals surface area contributed by atoms with E-state index in [1.807, 2.05) is 0 Å². The number of anilines is 1. The minimum Gasteiger partial charge on any atom is -0.373 e. The summed E-state index contributed by atoms with van der Waals surface area (Å²) in [4.78, 5) is 12.7. The standard InChI is InChI=1S/C16H17N5O/c1-10-4-5-11(2)12(6-10)7-15-20-16(21-22-15)13-8-14(17-3)19-9-18-13/h4-6,8-9H,7H2,1-3H3,(H,17,18,19). The third kappa shape index (κ3) is 2.95. The number of aryl methyl sites for hydroxylation is 2. The van der Waals surface area contributed by atoms with E-state index in [1.54, 1.807) is 13.1 Å². The van der Waals surface area contributed by atoms with Crippen molar-refractivity contribution in [2.45, 2.75) is 20.3 Å². The van der Waals surface area contributed by atoms with Crippen molar-refractivity contribution in [1.82, 2.24) is 20.1 Å². The van der Waals surface area contributed by atoms with Crippen LogP contribution >= 0.6 is 0 Å². The van der Waals surface area contributed by atoms with E-state index < -0.39 is 0 Å². The lowest BCUT2D eigenvalue weighted by molar-refractivity contribution is 0.385. The van der Waals surface area contributed by atoms with Crippen LogP contribution in [0.5, 0.6) is 0 Å². The number of hydrogen-bond donors (Lipinski definition) is 1. The average molecular weight is 295 g/mol. The van der Waals surface area contributed by atoms with Gasteiger partial charge in [-0.15, -0.1) is 0 Å². The van der Waals surface area contributed by atoms with Gasteiger partial charge in [0.25, 0.3) is 0 Å². The van der Waals surface area contributed by atoms with Crippen LogP contribution in [0.2, 0.25) is 0 Å². The van der Waals surface area contributed by atoms with Gasteiger partial charge in [0, 0.05) is 13.1 Å². The Morgan fingerprint density at radius 2 is 2.00 bits per heavy atom. The largest absolute Gasteiger partial charge is 0.373 e. The van der Waals surface area contributed by atoms with E-state index in [0.29, 0.717) is 29.6 Å². The number of rotatable bonds is 4. The molecule has 2 aromatic heterocycles. The summed E-state index contributed by atoms with van der Waals surface area (Å²) in [6.45, 7) is 4.15. The minimum atomic E-state index is 0.471. The van der Waals surface area contributed by atoms with Crippen LogP contribution in [-0.4, -0.2) is 27.2 Å². The molecule has 0 saturated carbocycles. The Kier molecular flexibility index (Phi) is 3.82. The average Bonchev–Trinajstić information content (AvgIpc) is 2.99. The Morgan fingerprint density at radius 3 is 2.82 bits per heavy atom. The monoisotopic (exact) mass is 295 g/mol. The van der Waals surface area contributed by atoms with E-state index in [9.17, 15) is 0 Å². The minimum absolute atomic E-state index is 0.471. The van der Waals surface area contributed by atoms with Crippen LogP contribution in [0.3, 0.4) is 0 Å². The number of hydrogen-bond acceptors (Lipinski definition) is 6. The summed E-state index contributed by atoms with van der Waals surface area (Å²) in [7, 11) is 1.80. The van der Waals surface area contributed by atoms with E-state index in [-0.39, 0.29) is 0 Å².